The Labute approximate surface area is 92.4 Å². The molecule has 1 rings (SSSR count). The molecule has 1 atom stereocenters. The number of nitrogens with two attached hydrogens (primary N) is 1. The van der Waals surface area contributed by atoms with Crippen LogP contribution in [0.15, 0.2) is 24.3 Å². The Bertz CT molecular complexity index is 288. The summed E-state index contributed by atoms with van der Waals surface area (Å²) in [5.41, 5.74) is 7.88. The monoisotopic (exact) mass is 207 g/mol. The molecule has 84 valence electrons. The van der Waals surface area contributed by atoms with Crippen molar-refractivity contribution in [2.75, 3.05) is 13.7 Å². The van der Waals surface area contributed by atoms with Gasteiger partial charge in [0.15, 0.2) is 0 Å². The topological polar surface area (TPSA) is 35.2 Å². The number of hydrogen-bond acceptors (Lipinski definition) is 2. The summed E-state index contributed by atoms with van der Waals surface area (Å²) in [5.74, 6) is 0. The van der Waals surface area contributed by atoms with Crippen molar-refractivity contribution in [1.29, 1.82) is 0 Å². The highest BCUT2D eigenvalue weighted by Gasteiger charge is 2.23. The van der Waals surface area contributed by atoms with Crippen LogP contribution >= 0.6 is 0 Å². The smallest absolute Gasteiger partial charge is 0.102 e. The largest absolute Gasteiger partial charge is 0.372 e. The molecule has 0 heterocycles. The van der Waals surface area contributed by atoms with Crippen LogP contribution in [0.1, 0.15) is 31.4 Å². The molecule has 2 nitrogen and oxygen atoms in total. The van der Waals surface area contributed by atoms with Crippen LogP contribution in [0.25, 0.3) is 0 Å². The van der Waals surface area contributed by atoms with Gasteiger partial charge in [0.1, 0.15) is 5.60 Å². The molecule has 0 radical (unpaired) electrons. The maximum Gasteiger partial charge on any atom is 0.102 e. The lowest BCUT2D eigenvalue weighted by atomic mass is 9.94. The average molecular weight is 207 g/mol. The van der Waals surface area contributed by atoms with Gasteiger partial charge in [0.2, 0.25) is 0 Å². The van der Waals surface area contributed by atoms with Crippen molar-refractivity contribution in [2.45, 2.75) is 32.3 Å². The molecule has 1 aromatic rings. The summed E-state index contributed by atoms with van der Waals surface area (Å²) in [4.78, 5) is 0. The van der Waals surface area contributed by atoms with Gasteiger partial charge in [-0.05, 0) is 24.5 Å². The van der Waals surface area contributed by atoms with E-state index < -0.39 is 0 Å². The molecule has 0 aromatic heterocycles. The number of methoxy groups -OCH3 is 1. The molecule has 1 aromatic carbocycles. The van der Waals surface area contributed by atoms with E-state index in [-0.39, 0.29) is 5.60 Å². The van der Waals surface area contributed by atoms with E-state index in [0.29, 0.717) is 6.54 Å². The summed E-state index contributed by atoms with van der Waals surface area (Å²) in [6, 6.07) is 8.54. The quantitative estimate of drug-likeness (QED) is 0.805. The van der Waals surface area contributed by atoms with Crippen molar-refractivity contribution in [3.8, 4) is 0 Å². The highest BCUT2D eigenvalue weighted by atomic mass is 16.5. The molecular weight excluding hydrogens is 186 g/mol. The molecule has 0 saturated carbocycles. The number of aryl methyl sites for hydroxylation is 1. The van der Waals surface area contributed by atoms with E-state index >= 15 is 0 Å². The lowest BCUT2D eigenvalue weighted by Crippen LogP contribution is -2.33. The molecule has 0 saturated heterocycles. The van der Waals surface area contributed by atoms with E-state index in [1.165, 1.54) is 12.0 Å². The van der Waals surface area contributed by atoms with Crippen LogP contribution in [-0.2, 0) is 16.8 Å². The van der Waals surface area contributed by atoms with Crippen molar-refractivity contribution in [1.82, 2.24) is 0 Å². The SMILES string of the molecule is CCCc1ccc(C(C)(CN)OC)cc1. The summed E-state index contributed by atoms with van der Waals surface area (Å²) < 4.78 is 5.45. The van der Waals surface area contributed by atoms with Gasteiger partial charge >= 0.3 is 0 Å². The van der Waals surface area contributed by atoms with Crippen LogP contribution in [0.3, 0.4) is 0 Å². The fraction of sp³-hybridized carbons (Fsp3) is 0.538. The Balaban J connectivity index is 2.87. The van der Waals surface area contributed by atoms with Crippen molar-refractivity contribution >= 4 is 0 Å². The molecule has 0 spiro atoms. The summed E-state index contributed by atoms with van der Waals surface area (Å²) in [7, 11) is 1.70. The Morgan fingerprint density at radius 3 is 2.27 bits per heavy atom. The van der Waals surface area contributed by atoms with Crippen LogP contribution < -0.4 is 5.73 Å². The van der Waals surface area contributed by atoms with Crippen molar-refractivity contribution in [3.05, 3.63) is 35.4 Å². The van der Waals surface area contributed by atoms with Gasteiger partial charge in [0, 0.05) is 13.7 Å². The lowest BCUT2D eigenvalue weighted by molar-refractivity contribution is 0.0101. The summed E-state index contributed by atoms with van der Waals surface area (Å²) in [6.45, 7) is 4.70. The van der Waals surface area contributed by atoms with Crippen LogP contribution in [0, 0.1) is 0 Å². The predicted molar refractivity (Wildman–Crippen MR) is 63.9 cm³/mol. The van der Waals surface area contributed by atoms with Crippen LogP contribution in [0.5, 0.6) is 0 Å². The summed E-state index contributed by atoms with van der Waals surface area (Å²) >= 11 is 0. The van der Waals surface area contributed by atoms with Crippen molar-refractivity contribution in [3.63, 3.8) is 0 Å². The third kappa shape index (κ3) is 2.80. The van der Waals surface area contributed by atoms with E-state index in [1.54, 1.807) is 7.11 Å². The molecule has 2 heteroatoms. The Kier molecular flexibility index (Phi) is 4.30. The van der Waals surface area contributed by atoms with E-state index in [9.17, 15) is 0 Å². The predicted octanol–water partition coefficient (Wildman–Crippen LogP) is 2.46. The van der Waals surface area contributed by atoms with Gasteiger partial charge in [0.05, 0.1) is 0 Å². The van der Waals surface area contributed by atoms with Crippen molar-refractivity contribution < 1.29 is 4.74 Å². The Hall–Kier alpha value is -0.860. The lowest BCUT2D eigenvalue weighted by Gasteiger charge is -2.27. The van der Waals surface area contributed by atoms with Crippen LogP contribution in [0.4, 0.5) is 0 Å². The van der Waals surface area contributed by atoms with Crippen molar-refractivity contribution in [2.24, 2.45) is 5.73 Å². The molecule has 0 amide bonds. The van der Waals surface area contributed by atoms with Gasteiger partial charge in [-0.1, -0.05) is 37.6 Å². The standard InChI is InChI=1S/C13H21NO/c1-4-5-11-6-8-12(9-7-11)13(2,10-14)15-3/h6-9H,4-5,10,14H2,1-3H3. The fourth-order valence-electron chi connectivity index (χ4n) is 1.63. The Morgan fingerprint density at radius 2 is 1.87 bits per heavy atom. The average Bonchev–Trinajstić information content (AvgIpc) is 2.29. The van der Waals surface area contributed by atoms with E-state index in [0.717, 1.165) is 12.0 Å². The molecule has 0 aliphatic rings. The second-order valence-electron chi connectivity index (χ2n) is 4.09. The van der Waals surface area contributed by atoms with Crippen LogP contribution in [-0.4, -0.2) is 13.7 Å². The minimum Gasteiger partial charge on any atom is -0.372 e. The summed E-state index contributed by atoms with van der Waals surface area (Å²) in [6.07, 6.45) is 2.31. The van der Waals surface area contributed by atoms with Gasteiger partial charge < -0.3 is 10.5 Å². The Morgan fingerprint density at radius 1 is 1.27 bits per heavy atom. The van der Waals surface area contributed by atoms with Gasteiger partial charge in [0.25, 0.3) is 0 Å². The van der Waals surface area contributed by atoms with E-state index in [4.69, 9.17) is 10.5 Å². The highest BCUT2D eigenvalue weighted by Crippen LogP contribution is 2.23. The first-order valence-corrected chi connectivity index (χ1v) is 5.51. The molecule has 1 unspecified atom stereocenters. The van der Waals surface area contributed by atoms with Gasteiger partial charge in [-0.2, -0.15) is 0 Å². The molecule has 0 fully saturated rings. The third-order valence-electron chi connectivity index (χ3n) is 2.94. The normalized spacial score (nSPS) is 14.9. The number of hydrogen-bond donors (Lipinski definition) is 1. The van der Waals surface area contributed by atoms with E-state index in [1.807, 2.05) is 6.92 Å². The molecular formula is C13H21NO. The van der Waals surface area contributed by atoms with Gasteiger partial charge in [-0.3, -0.25) is 0 Å². The molecule has 0 aliphatic heterocycles. The second kappa shape index (κ2) is 5.29. The van der Waals surface area contributed by atoms with Crippen LogP contribution in [0.2, 0.25) is 0 Å². The molecule has 0 aliphatic carbocycles. The number of benzene rings is 1. The molecule has 15 heavy (non-hydrogen) atoms. The van der Waals surface area contributed by atoms with Gasteiger partial charge in [-0.25, -0.2) is 0 Å². The maximum absolute atomic E-state index is 5.72. The first kappa shape index (κ1) is 12.2. The number of ether oxygens (including phenoxy) is 1. The zero-order valence-corrected chi connectivity index (χ0v) is 9.92. The number of rotatable bonds is 5. The fourth-order valence-corrected chi connectivity index (χ4v) is 1.63. The maximum atomic E-state index is 5.72. The molecule has 0 bridgehead atoms. The minimum absolute atomic E-state index is 0.356. The zero-order valence-electron chi connectivity index (χ0n) is 9.92. The third-order valence-corrected chi connectivity index (χ3v) is 2.94. The molecule has 2 N–H and O–H groups in total. The van der Waals surface area contributed by atoms with E-state index in [2.05, 4.69) is 31.2 Å². The minimum atomic E-state index is -0.356. The second-order valence-corrected chi connectivity index (χ2v) is 4.09. The zero-order chi connectivity index (χ0) is 11.3. The summed E-state index contributed by atoms with van der Waals surface area (Å²) in [5, 5.41) is 0. The first-order valence-electron chi connectivity index (χ1n) is 5.51. The first-order chi connectivity index (χ1) is 7.16. The highest BCUT2D eigenvalue weighted by molar-refractivity contribution is 5.27. The van der Waals surface area contributed by atoms with Gasteiger partial charge in [-0.15, -0.1) is 0 Å².